The molecule has 2 aromatic carbocycles. The number of carbonyl (C=O) groups excluding carboxylic acids is 2. The molecule has 0 aliphatic carbocycles. The lowest BCUT2D eigenvalue weighted by atomic mass is 10.1. The van der Waals surface area contributed by atoms with E-state index in [1.54, 1.807) is 49.6 Å². The molecule has 2 N–H and O–H groups in total. The predicted octanol–water partition coefficient (Wildman–Crippen LogP) is 2.41. The molecule has 0 saturated carbocycles. The van der Waals surface area contributed by atoms with Crippen molar-refractivity contribution in [3.63, 3.8) is 0 Å². The molecule has 1 heterocycles. The minimum Gasteiger partial charge on any atom is -0.493 e. The largest absolute Gasteiger partial charge is 0.493 e. The summed E-state index contributed by atoms with van der Waals surface area (Å²) in [4.78, 5) is 23.2. The van der Waals surface area contributed by atoms with Crippen molar-refractivity contribution in [2.75, 3.05) is 14.2 Å². The molecule has 0 spiro atoms. The third-order valence-electron chi connectivity index (χ3n) is 3.99. The van der Waals surface area contributed by atoms with Crippen LogP contribution in [0.1, 0.15) is 21.5 Å². The van der Waals surface area contributed by atoms with Gasteiger partial charge in [-0.3, -0.25) is 10.1 Å². The Morgan fingerprint density at radius 3 is 2.43 bits per heavy atom. The molecule has 0 aromatic heterocycles. The number of amides is 1. The van der Waals surface area contributed by atoms with Crippen LogP contribution in [-0.4, -0.2) is 31.2 Å². The van der Waals surface area contributed by atoms with Crippen molar-refractivity contribution in [1.82, 2.24) is 10.6 Å². The molecule has 2 aromatic rings. The first-order chi connectivity index (χ1) is 13.5. The number of benzene rings is 2. The lowest BCUT2D eigenvalue weighted by Gasteiger charge is -2.12. The van der Waals surface area contributed by atoms with Crippen LogP contribution in [0.4, 0.5) is 0 Å². The Hall–Kier alpha value is -3.39. The van der Waals surface area contributed by atoms with Gasteiger partial charge in [-0.15, -0.1) is 0 Å². The minimum absolute atomic E-state index is 0.278. The van der Waals surface area contributed by atoms with Gasteiger partial charge in [0.05, 0.1) is 19.8 Å². The van der Waals surface area contributed by atoms with E-state index < -0.39 is 0 Å². The highest BCUT2D eigenvalue weighted by Crippen LogP contribution is 2.29. The second-order valence-corrected chi connectivity index (χ2v) is 6.26. The van der Waals surface area contributed by atoms with Gasteiger partial charge in [0.1, 0.15) is 12.3 Å². The van der Waals surface area contributed by atoms with E-state index in [1.165, 1.54) is 7.11 Å². The van der Waals surface area contributed by atoms with Gasteiger partial charge in [-0.2, -0.15) is 0 Å². The zero-order chi connectivity index (χ0) is 20.1. The second-order valence-electron chi connectivity index (χ2n) is 5.85. The Morgan fingerprint density at radius 1 is 1.07 bits per heavy atom. The van der Waals surface area contributed by atoms with Gasteiger partial charge in [-0.25, -0.2) is 4.79 Å². The second kappa shape index (κ2) is 8.53. The fraction of sp³-hybridized carbons (Fsp3) is 0.150. The molecule has 1 amide bonds. The highest BCUT2D eigenvalue weighted by molar-refractivity contribution is 7.80. The van der Waals surface area contributed by atoms with Crippen LogP contribution < -0.4 is 20.1 Å². The summed E-state index contributed by atoms with van der Waals surface area (Å²) in [5.74, 6) is 0.423. The first-order valence-electron chi connectivity index (χ1n) is 8.32. The molecule has 0 unspecified atom stereocenters. The summed E-state index contributed by atoms with van der Waals surface area (Å²) in [6.07, 6.45) is 1.67. The van der Waals surface area contributed by atoms with Crippen molar-refractivity contribution in [2.45, 2.75) is 6.61 Å². The SMILES string of the molecule is COC(=O)c1ccc(COc2ccc(/C=C3/NC(=S)NC3=O)cc2OC)cc1. The van der Waals surface area contributed by atoms with E-state index in [-0.39, 0.29) is 17.0 Å². The van der Waals surface area contributed by atoms with Gasteiger partial charge in [0, 0.05) is 0 Å². The fourth-order valence-corrected chi connectivity index (χ4v) is 2.76. The lowest BCUT2D eigenvalue weighted by molar-refractivity contribution is -0.115. The predicted molar refractivity (Wildman–Crippen MR) is 107 cm³/mol. The molecule has 8 heteroatoms. The highest BCUT2D eigenvalue weighted by atomic mass is 32.1. The molecule has 3 rings (SSSR count). The molecule has 0 bridgehead atoms. The van der Waals surface area contributed by atoms with Gasteiger partial charge in [0.2, 0.25) is 0 Å². The fourth-order valence-electron chi connectivity index (χ4n) is 2.56. The molecule has 1 aliphatic rings. The van der Waals surface area contributed by atoms with Gasteiger partial charge in [-0.05, 0) is 53.7 Å². The first kappa shape index (κ1) is 19.4. The molecule has 1 aliphatic heterocycles. The van der Waals surface area contributed by atoms with Crippen LogP contribution in [-0.2, 0) is 16.1 Å². The van der Waals surface area contributed by atoms with Crippen LogP contribution in [0.5, 0.6) is 11.5 Å². The van der Waals surface area contributed by atoms with E-state index in [1.807, 2.05) is 6.07 Å². The first-order valence-corrected chi connectivity index (χ1v) is 8.73. The number of ether oxygens (including phenoxy) is 3. The van der Waals surface area contributed by atoms with Crippen molar-refractivity contribution in [2.24, 2.45) is 0 Å². The Labute approximate surface area is 167 Å². The minimum atomic E-state index is -0.384. The quantitative estimate of drug-likeness (QED) is 0.439. The molecule has 144 valence electrons. The van der Waals surface area contributed by atoms with E-state index in [0.717, 1.165) is 11.1 Å². The Morgan fingerprint density at radius 2 is 1.82 bits per heavy atom. The maximum atomic E-state index is 11.7. The number of esters is 1. The van der Waals surface area contributed by atoms with Crippen molar-refractivity contribution < 1.29 is 23.8 Å². The van der Waals surface area contributed by atoms with Gasteiger partial charge in [-0.1, -0.05) is 18.2 Å². The van der Waals surface area contributed by atoms with Crippen LogP contribution in [0.25, 0.3) is 6.08 Å². The summed E-state index contributed by atoms with van der Waals surface area (Å²) >= 11 is 4.91. The molecule has 0 radical (unpaired) electrons. The maximum Gasteiger partial charge on any atom is 0.337 e. The van der Waals surface area contributed by atoms with E-state index in [9.17, 15) is 9.59 Å². The number of carbonyl (C=O) groups is 2. The van der Waals surface area contributed by atoms with Gasteiger partial charge < -0.3 is 19.5 Å². The van der Waals surface area contributed by atoms with E-state index in [0.29, 0.717) is 29.4 Å². The standard InChI is InChI=1S/C20H18N2O5S/c1-25-17-10-13(9-15-18(23)22-20(28)21-15)5-8-16(17)27-11-12-3-6-14(7-4-12)19(24)26-2/h3-10H,11H2,1-2H3,(H2,21,22,23,28)/b15-9+. The third-order valence-corrected chi connectivity index (χ3v) is 4.19. The summed E-state index contributed by atoms with van der Waals surface area (Å²) in [6.45, 7) is 0.302. The summed E-state index contributed by atoms with van der Waals surface area (Å²) < 4.78 is 15.9. The maximum absolute atomic E-state index is 11.7. The van der Waals surface area contributed by atoms with Crippen LogP contribution in [0, 0.1) is 0 Å². The van der Waals surface area contributed by atoms with Crippen LogP contribution in [0.3, 0.4) is 0 Å². The highest BCUT2D eigenvalue weighted by Gasteiger charge is 2.20. The van der Waals surface area contributed by atoms with Crippen molar-refractivity contribution in [3.05, 3.63) is 64.9 Å². The number of methoxy groups -OCH3 is 2. The Kier molecular flexibility index (Phi) is 5.90. The summed E-state index contributed by atoms with van der Waals surface area (Å²) in [5.41, 5.74) is 2.49. The van der Waals surface area contributed by atoms with Crippen LogP contribution >= 0.6 is 12.2 Å². The van der Waals surface area contributed by atoms with Crippen molar-refractivity contribution >= 4 is 35.3 Å². The lowest BCUT2D eigenvalue weighted by Crippen LogP contribution is -2.21. The van der Waals surface area contributed by atoms with Gasteiger partial charge in [0.15, 0.2) is 16.6 Å². The van der Waals surface area contributed by atoms with E-state index in [4.69, 9.17) is 21.7 Å². The average molecular weight is 398 g/mol. The number of thiocarbonyl (C=S) groups is 1. The van der Waals surface area contributed by atoms with E-state index >= 15 is 0 Å². The van der Waals surface area contributed by atoms with Crippen molar-refractivity contribution in [1.29, 1.82) is 0 Å². The van der Waals surface area contributed by atoms with Crippen molar-refractivity contribution in [3.8, 4) is 11.5 Å². The smallest absolute Gasteiger partial charge is 0.337 e. The van der Waals surface area contributed by atoms with Crippen LogP contribution in [0.2, 0.25) is 0 Å². The zero-order valence-electron chi connectivity index (χ0n) is 15.3. The Bertz CT molecular complexity index is 954. The zero-order valence-corrected chi connectivity index (χ0v) is 16.1. The Balaban J connectivity index is 1.71. The molecular formula is C20H18N2O5S. The van der Waals surface area contributed by atoms with E-state index in [2.05, 4.69) is 15.4 Å². The number of rotatable bonds is 6. The third kappa shape index (κ3) is 4.47. The molecule has 1 fully saturated rings. The number of hydrogen-bond acceptors (Lipinski definition) is 6. The number of hydrogen-bond donors (Lipinski definition) is 2. The summed E-state index contributed by atoms with van der Waals surface area (Å²) in [5, 5.41) is 5.58. The molecule has 28 heavy (non-hydrogen) atoms. The summed E-state index contributed by atoms with van der Waals surface area (Å²) in [6, 6.07) is 12.3. The molecule has 7 nitrogen and oxygen atoms in total. The topological polar surface area (TPSA) is 85.9 Å². The normalized spacial score (nSPS) is 14.4. The number of nitrogens with one attached hydrogen (secondary N) is 2. The van der Waals surface area contributed by atoms with Gasteiger partial charge >= 0.3 is 5.97 Å². The molecular weight excluding hydrogens is 380 g/mol. The average Bonchev–Trinajstić information content (AvgIpc) is 3.03. The molecule has 1 saturated heterocycles. The van der Waals surface area contributed by atoms with Gasteiger partial charge in [0.25, 0.3) is 5.91 Å². The van der Waals surface area contributed by atoms with Crippen LogP contribution in [0.15, 0.2) is 48.2 Å². The monoisotopic (exact) mass is 398 g/mol. The molecule has 0 atom stereocenters. The summed E-state index contributed by atoms with van der Waals surface area (Å²) in [7, 11) is 2.88.